The van der Waals surface area contributed by atoms with E-state index in [0.717, 1.165) is 32.4 Å². The normalized spacial score (nSPS) is 10.8. The fourth-order valence-corrected chi connectivity index (χ4v) is 2.28. The molecular formula is C17H21NO2. The molecule has 20 heavy (non-hydrogen) atoms. The van der Waals surface area contributed by atoms with Crippen LogP contribution in [0.15, 0.2) is 42.5 Å². The molecule has 0 saturated carbocycles. The van der Waals surface area contributed by atoms with Crippen LogP contribution in [0.2, 0.25) is 0 Å². The predicted octanol–water partition coefficient (Wildman–Crippen LogP) is 3.57. The molecular weight excluding hydrogens is 250 g/mol. The smallest absolute Gasteiger partial charge is 0.303 e. The van der Waals surface area contributed by atoms with Gasteiger partial charge in [0.15, 0.2) is 0 Å². The van der Waals surface area contributed by atoms with E-state index in [1.807, 2.05) is 0 Å². The Bertz CT molecular complexity index is 566. The van der Waals surface area contributed by atoms with Crippen LogP contribution in [0.5, 0.6) is 0 Å². The van der Waals surface area contributed by atoms with Crippen LogP contribution in [0.25, 0.3) is 10.8 Å². The number of benzene rings is 2. The Balaban J connectivity index is 1.69. The third-order valence-corrected chi connectivity index (χ3v) is 3.39. The van der Waals surface area contributed by atoms with E-state index in [1.165, 1.54) is 16.3 Å². The molecule has 0 heterocycles. The number of carboxylic acid groups (broad SMARTS) is 1. The molecule has 0 bridgehead atoms. The Labute approximate surface area is 119 Å². The maximum Gasteiger partial charge on any atom is 0.303 e. The molecule has 0 aromatic heterocycles. The topological polar surface area (TPSA) is 49.3 Å². The molecule has 2 rings (SSSR count). The zero-order valence-electron chi connectivity index (χ0n) is 11.6. The molecule has 0 fully saturated rings. The molecule has 0 radical (unpaired) electrons. The highest BCUT2D eigenvalue weighted by molar-refractivity contribution is 5.82. The minimum absolute atomic E-state index is 0.282. The van der Waals surface area contributed by atoms with E-state index in [-0.39, 0.29) is 6.42 Å². The number of hydrogen-bond donors (Lipinski definition) is 2. The molecule has 0 aliphatic rings. The van der Waals surface area contributed by atoms with Gasteiger partial charge in [-0.2, -0.15) is 0 Å². The highest BCUT2D eigenvalue weighted by Gasteiger charge is 1.98. The summed E-state index contributed by atoms with van der Waals surface area (Å²) in [5, 5.41) is 14.5. The second kappa shape index (κ2) is 7.65. The van der Waals surface area contributed by atoms with Gasteiger partial charge in [0.1, 0.15) is 0 Å². The van der Waals surface area contributed by atoms with Gasteiger partial charge in [-0.15, -0.1) is 0 Å². The van der Waals surface area contributed by atoms with Gasteiger partial charge < -0.3 is 10.4 Å². The Morgan fingerprint density at radius 1 is 1.00 bits per heavy atom. The molecule has 3 nitrogen and oxygen atoms in total. The number of hydrogen-bond acceptors (Lipinski definition) is 2. The summed E-state index contributed by atoms with van der Waals surface area (Å²) in [5.74, 6) is -0.700. The zero-order valence-corrected chi connectivity index (χ0v) is 11.6. The number of carbonyl (C=O) groups is 1. The number of rotatable bonds is 8. The summed E-state index contributed by atoms with van der Waals surface area (Å²) >= 11 is 0. The molecule has 2 aromatic rings. The largest absolute Gasteiger partial charge is 0.481 e. The average molecular weight is 271 g/mol. The van der Waals surface area contributed by atoms with Gasteiger partial charge >= 0.3 is 5.97 Å². The van der Waals surface area contributed by atoms with Gasteiger partial charge in [0, 0.05) is 13.0 Å². The molecule has 0 unspecified atom stereocenters. The lowest BCUT2D eigenvalue weighted by molar-refractivity contribution is -0.137. The van der Waals surface area contributed by atoms with Gasteiger partial charge in [-0.3, -0.25) is 4.79 Å². The van der Waals surface area contributed by atoms with Crippen LogP contribution in [-0.4, -0.2) is 17.6 Å². The number of unbranched alkanes of at least 4 members (excludes halogenated alkanes) is 2. The monoisotopic (exact) mass is 271 g/mol. The second-order valence-electron chi connectivity index (χ2n) is 5.06. The van der Waals surface area contributed by atoms with Crippen molar-refractivity contribution in [1.29, 1.82) is 0 Å². The quantitative estimate of drug-likeness (QED) is 0.722. The van der Waals surface area contributed by atoms with Gasteiger partial charge in [0.2, 0.25) is 0 Å². The van der Waals surface area contributed by atoms with Gasteiger partial charge in [-0.05, 0) is 41.8 Å². The first-order valence-corrected chi connectivity index (χ1v) is 7.16. The summed E-state index contributed by atoms with van der Waals surface area (Å²) in [7, 11) is 0. The minimum atomic E-state index is -0.700. The Morgan fingerprint density at radius 3 is 2.60 bits per heavy atom. The fraction of sp³-hybridized carbons (Fsp3) is 0.353. The van der Waals surface area contributed by atoms with Crippen molar-refractivity contribution >= 4 is 16.7 Å². The van der Waals surface area contributed by atoms with Crippen LogP contribution < -0.4 is 5.32 Å². The Kier molecular flexibility index (Phi) is 5.56. The summed E-state index contributed by atoms with van der Waals surface area (Å²) in [5.41, 5.74) is 1.29. The third-order valence-electron chi connectivity index (χ3n) is 3.39. The number of nitrogens with one attached hydrogen (secondary N) is 1. The van der Waals surface area contributed by atoms with Crippen molar-refractivity contribution in [3.8, 4) is 0 Å². The van der Waals surface area contributed by atoms with Crippen molar-refractivity contribution in [3.63, 3.8) is 0 Å². The maximum atomic E-state index is 10.4. The number of aliphatic carboxylic acids is 1. The lowest BCUT2D eigenvalue weighted by Crippen LogP contribution is -2.14. The van der Waals surface area contributed by atoms with Crippen LogP contribution in [0.4, 0.5) is 0 Å². The van der Waals surface area contributed by atoms with E-state index in [9.17, 15) is 4.79 Å². The van der Waals surface area contributed by atoms with E-state index in [1.54, 1.807) is 0 Å². The van der Waals surface area contributed by atoms with Crippen molar-refractivity contribution in [3.05, 3.63) is 48.0 Å². The Morgan fingerprint density at radius 2 is 1.80 bits per heavy atom. The molecule has 0 saturated heterocycles. The van der Waals surface area contributed by atoms with Crippen molar-refractivity contribution < 1.29 is 9.90 Å². The summed E-state index contributed by atoms with van der Waals surface area (Å²) in [4.78, 5) is 10.4. The van der Waals surface area contributed by atoms with Crippen LogP contribution in [0.3, 0.4) is 0 Å². The second-order valence-corrected chi connectivity index (χ2v) is 5.06. The summed E-state index contributed by atoms with van der Waals surface area (Å²) in [6.07, 6.45) is 3.05. The first kappa shape index (κ1) is 14.5. The van der Waals surface area contributed by atoms with E-state index < -0.39 is 5.97 Å². The lowest BCUT2D eigenvalue weighted by Gasteiger charge is -2.06. The molecule has 3 heteroatoms. The van der Waals surface area contributed by atoms with Gasteiger partial charge in [-0.1, -0.05) is 42.8 Å². The molecule has 0 aliphatic carbocycles. The third kappa shape index (κ3) is 4.67. The highest BCUT2D eigenvalue weighted by Crippen LogP contribution is 2.15. The molecule has 2 aromatic carbocycles. The van der Waals surface area contributed by atoms with Crippen LogP contribution in [0, 0.1) is 0 Å². The van der Waals surface area contributed by atoms with Crippen LogP contribution >= 0.6 is 0 Å². The van der Waals surface area contributed by atoms with Crippen molar-refractivity contribution in [1.82, 2.24) is 5.32 Å². The highest BCUT2D eigenvalue weighted by atomic mass is 16.4. The molecule has 106 valence electrons. The average Bonchev–Trinajstić information content (AvgIpc) is 2.46. The minimum Gasteiger partial charge on any atom is -0.481 e. The molecule has 0 aliphatic heterocycles. The van der Waals surface area contributed by atoms with E-state index in [4.69, 9.17) is 5.11 Å². The van der Waals surface area contributed by atoms with Gasteiger partial charge in [0.25, 0.3) is 0 Å². The molecule has 0 amide bonds. The fourth-order valence-electron chi connectivity index (χ4n) is 2.28. The SMILES string of the molecule is O=C(O)CCCCCNCc1ccc2ccccc2c1. The number of fused-ring (bicyclic) bond motifs is 1. The van der Waals surface area contributed by atoms with Crippen molar-refractivity contribution in [2.45, 2.75) is 32.2 Å². The molecule has 0 spiro atoms. The summed E-state index contributed by atoms with van der Waals surface area (Å²) < 4.78 is 0. The zero-order chi connectivity index (χ0) is 14.2. The standard InChI is InChI=1S/C17H21NO2/c19-17(20)8-2-1-5-11-18-13-14-9-10-15-6-3-4-7-16(15)12-14/h3-4,6-7,9-10,12,18H,1-2,5,8,11,13H2,(H,19,20). The summed E-state index contributed by atoms with van der Waals surface area (Å²) in [6.45, 7) is 1.80. The lowest BCUT2D eigenvalue weighted by atomic mass is 10.1. The Hall–Kier alpha value is -1.87. The number of carboxylic acids is 1. The first-order valence-electron chi connectivity index (χ1n) is 7.16. The molecule has 2 N–H and O–H groups in total. The van der Waals surface area contributed by atoms with E-state index >= 15 is 0 Å². The molecule has 0 atom stereocenters. The van der Waals surface area contributed by atoms with Crippen molar-refractivity contribution in [2.24, 2.45) is 0 Å². The summed E-state index contributed by atoms with van der Waals surface area (Å²) in [6, 6.07) is 14.9. The van der Waals surface area contributed by atoms with E-state index in [2.05, 4.69) is 47.8 Å². The first-order chi connectivity index (χ1) is 9.75. The van der Waals surface area contributed by atoms with Gasteiger partial charge in [-0.25, -0.2) is 0 Å². The predicted molar refractivity (Wildman–Crippen MR) is 81.8 cm³/mol. The van der Waals surface area contributed by atoms with E-state index in [0.29, 0.717) is 0 Å². The maximum absolute atomic E-state index is 10.4. The van der Waals surface area contributed by atoms with Crippen LogP contribution in [-0.2, 0) is 11.3 Å². The van der Waals surface area contributed by atoms with Gasteiger partial charge in [0.05, 0.1) is 0 Å². The van der Waals surface area contributed by atoms with Crippen LogP contribution in [0.1, 0.15) is 31.2 Å². The van der Waals surface area contributed by atoms with Crippen molar-refractivity contribution in [2.75, 3.05) is 6.54 Å².